The van der Waals surface area contributed by atoms with Crippen LogP contribution in [0.2, 0.25) is 0 Å². The number of likely N-dealkylation sites (tertiary alicyclic amines) is 1. The summed E-state index contributed by atoms with van der Waals surface area (Å²) in [5.41, 5.74) is -2.73. The number of nitrogens with zero attached hydrogens (tertiary/aromatic N) is 1. The lowest BCUT2D eigenvalue weighted by atomic mass is 9.85. The number of aliphatic hydroxyl groups is 1. The second-order valence-electron chi connectivity index (χ2n) is 11.5. The van der Waals surface area contributed by atoms with E-state index in [1.165, 1.54) is 4.90 Å². The van der Waals surface area contributed by atoms with E-state index in [-0.39, 0.29) is 31.4 Å². The van der Waals surface area contributed by atoms with Gasteiger partial charge in [-0.2, -0.15) is 0 Å². The number of carbonyl (C=O) groups excluding carboxylic acids is 4. The molecule has 2 fully saturated rings. The van der Waals surface area contributed by atoms with Crippen molar-refractivity contribution in [2.45, 2.75) is 91.1 Å². The average molecular weight is 496 g/mol. The molecule has 1 aliphatic heterocycles. The molecule has 0 aromatic carbocycles. The molecular weight excluding hydrogens is 454 g/mol. The highest BCUT2D eigenvalue weighted by Crippen LogP contribution is 2.52. The van der Waals surface area contributed by atoms with Gasteiger partial charge in [0.15, 0.2) is 0 Å². The highest BCUT2D eigenvalue weighted by molar-refractivity contribution is 5.97. The van der Waals surface area contributed by atoms with E-state index >= 15 is 0 Å². The minimum absolute atomic E-state index is 0.00686. The van der Waals surface area contributed by atoms with Gasteiger partial charge in [-0.05, 0) is 39.0 Å². The Hall–Kier alpha value is -2.62. The summed E-state index contributed by atoms with van der Waals surface area (Å²) in [4.78, 5) is 53.5. The van der Waals surface area contributed by atoms with Gasteiger partial charge in [-0.3, -0.25) is 9.59 Å². The van der Waals surface area contributed by atoms with E-state index in [9.17, 15) is 24.3 Å². The number of alkyl carbamates (subject to hydrolysis) is 1. The zero-order valence-electron chi connectivity index (χ0n) is 22.1. The number of rotatable bonds is 7. The van der Waals surface area contributed by atoms with Crippen molar-refractivity contribution in [3.63, 3.8) is 0 Å². The average Bonchev–Trinajstić information content (AvgIpc) is 3.07. The Bertz CT molecular complexity index is 860. The van der Waals surface area contributed by atoms with Crippen LogP contribution >= 0.6 is 0 Å². The van der Waals surface area contributed by atoms with E-state index in [0.29, 0.717) is 0 Å². The molecule has 0 aromatic rings. The zero-order valence-corrected chi connectivity index (χ0v) is 22.1. The van der Waals surface area contributed by atoms with E-state index in [4.69, 9.17) is 9.47 Å². The second-order valence-corrected chi connectivity index (χ2v) is 11.5. The first-order valence-electron chi connectivity index (χ1n) is 12.1. The summed E-state index contributed by atoms with van der Waals surface area (Å²) >= 11 is 0. The van der Waals surface area contributed by atoms with Gasteiger partial charge in [-0.25, -0.2) is 9.59 Å². The lowest BCUT2D eigenvalue weighted by molar-refractivity contribution is -0.150. The SMILES string of the molecule is C=CC1[C@@H](C)[C@]1(NC(=O)[C@@H]1C[C@H](O)CN1C(=O)[C@@H](NC(=O)OC(C)(C)C)C(C)(C)C)C(=O)OCC. The lowest BCUT2D eigenvalue weighted by Crippen LogP contribution is -2.59. The third kappa shape index (κ3) is 6.15. The molecular formula is C25H41N3O7. The molecule has 0 bridgehead atoms. The fourth-order valence-electron chi connectivity index (χ4n) is 4.64. The largest absolute Gasteiger partial charge is 0.464 e. The quantitative estimate of drug-likeness (QED) is 0.362. The van der Waals surface area contributed by atoms with Crippen LogP contribution in [0.5, 0.6) is 0 Å². The highest BCUT2D eigenvalue weighted by atomic mass is 16.6. The summed E-state index contributed by atoms with van der Waals surface area (Å²) in [5, 5.41) is 15.8. The monoisotopic (exact) mass is 495 g/mol. The standard InChI is InChI=1S/C25H41N3O7/c1-10-16-14(3)25(16,21(32)34-11-2)27-19(30)17-12-15(29)13-28(17)20(31)18(23(4,5)6)26-22(33)35-24(7,8)9/h10,14-18,29H,1,11-13H2,2-9H3,(H,26,33)(H,27,30)/t14-,15+,16?,17+,18-,25-/m1/s1. The topological polar surface area (TPSA) is 134 Å². The van der Waals surface area contributed by atoms with Crippen molar-refractivity contribution in [3.8, 4) is 0 Å². The van der Waals surface area contributed by atoms with Gasteiger partial charge in [0.2, 0.25) is 11.8 Å². The molecule has 0 spiro atoms. The van der Waals surface area contributed by atoms with E-state index in [1.54, 1.807) is 54.5 Å². The van der Waals surface area contributed by atoms with Gasteiger partial charge in [-0.15, -0.1) is 6.58 Å². The minimum atomic E-state index is -1.25. The normalized spacial score (nSPS) is 29.1. The van der Waals surface area contributed by atoms with E-state index in [0.717, 1.165) is 0 Å². The maximum absolute atomic E-state index is 13.6. The molecule has 10 heteroatoms. The first kappa shape index (κ1) is 28.6. The summed E-state index contributed by atoms with van der Waals surface area (Å²) < 4.78 is 10.5. The molecule has 6 atom stereocenters. The number of hydrogen-bond donors (Lipinski definition) is 3. The minimum Gasteiger partial charge on any atom is -0.464 e. The Morgan fingerprint density at radius 1 is 1.20 bits per heavy atom. The number of β-amino-alcohol motifs (C(OH)–C–C–N with tert-alkyl or cyclic N) is 1. The van der Waals surface area contributed by atoms with Crippen molar-refractivity contribution in [1.29, 1.82) is 0 Å². The van der Waals surface area contributed by atoms with Crippen LogP contribution in [0.3, 0.4) is 0 Å². The third-order valence-corrected chi connectivity index (χ3v) is 6.51. The van der Waals surface area contributed by atoms with Crippen LogP contribution in [0.25, 0.3) is 0 Å². The molecule has 0 radical (unpaired) electrons. The Labute approximate surface area is 207 Å². The van der Waals surface area contributed by atoms with Gasteiger partial charge in [0.1, 0.15) is 23.2 Å². The fourth-order valence-corrected chi connectivity index (χ4v) is 4.64. The molecule has 3 amide bonds. The van der Waals surface area contributed by atoms with Crippen LogP contribution < -0.4 is 10.6 Å². The number of amides is 3. The molecule has 1 heterocycles. The van der Waals surface area contributed by atoms with Crippen molar-refractivity contribution in [3.05, 3.63) is 12.7 Å². The van der Waals surface area contributed by atoms with Crippen LogP contribution in [0.4, 0.5) is 4.79 Å². The molecule has 1 saturated carbocycles. The molecule has 3 N–H and O–H groups in total. The fraction of sp³-hybridized carbons (Fsp3) is 0.760. The molecule has 1 unspecified atom stereocenters. The van der Waals surface area contributed by atoms with Crippen molar-refractivity contribution < 1.29 is 33.8 Å². The van der Waals surface area contributed by atoms with E-state index in [1.807, 2.05) is 6.92 Å². The molecule has 0 aromatic heterocycles. The van der Waals surface area contributed by atoms with Crippen molar-refractivity contribution in [2.24, 2.45) is 17.3 Å². The molecule has 1 aliphatic carbocycles. The smallest absolute Gasteiger partial charge is 0.408 e. The summed E-state index contributed by atoms with van der Waals surface area (Å²) in [5.74, 6) is -2.17. The molecule has 2 aliphatic rings. The maximum atomic E-state index is 13.6. The third-order valence-electron chi connectivity index (χ3n) is 6.51. The summed E-state index contributed by atoms with van der Waals surface area (Å²) in [7, 11) is 0. The number of aliphatic hydroxyl groups excluding tert-OH is 1. The second kappa shape index (κ2) is 10.2. The molecule has 1 saturated heterocycles. The van der Waals surface area contributed by atoms with Gasteiger partial charge in [0.05, 0.1) is 12.7 Å². The predicted octanol–water partition coefficient (Wildman–Crippen LogP) is 1.76. The van der Waals surface area contributed by atoms with Crippen LogP contribution in [0, 0.1) is 17.3 Å². The predicted molar refractivity (Wildman–Crippen MR) is 129 cm³/mol. The first-order chi connectivity index (χ1) is 16.0. The molecule has 2 rings (SSSR count). The van der Waals surface area contributed by atoms with E-state index < -0.39 is 58.6 Å². The van der Waals surface area contributed by atoms with Crippen LogP contribution in [0.1, 0.15) is 61.8 Å². The van der Waals surface area contributed by atoms with Gasteiger partial charge < -0.3 is 30.1 Å². The summed E-state index contributed by atoms with van der Waals surface area (Å²) in [6, 6.07) is -2.04. The Morgan fingerprint density at radius 2 is 1.80 bits per heavy atom. The van der Waals surface area contributed by atoms with Crippen molar-refractivity contribution in [1.82, 2.24) is 15.5 Å². The number of hydrogen-bond acceptors (Lipinski definition) is 7. The maximum Gasteiger partial charge on any atom is 0.408 e. The Morgan fingerprint density at radius 3 is 2.26 bits per heavy atom. The zero-order chi connectivity index (χ0) is 26.9. The number of ether oxygens (including phenoxy) is 2. The molecule has 198 valence electrons. The highest BCUT2D eigenvalue weighted by Gasteiger charge is 2.68. The number of carbonyl (C=O) groups is 4. The summed E-state index contributed by atoms with van der Waals surface area (Å²) in [6.07, 6.45) is -0.0719. The Balaban J connectivity index is 2.28. The van der Waals surface area contributed by atoms with Crippen LogP contribution in [-0.4, -0.2) is 76.4 Å². The first-order valence-corrected chi connectivity index (χ1v) is 12.1. The van der Waals surface area contributed by atoms with Crippen molar-refractivity contribution in [2.75, 3.05) is 13.2 Å². The van der Waals surface area contributed by atoms with E-state index in [2.05, 4.69) is 17.2 Å². The lowest BCUT2D eigenvalue weighted by Gasteiger charge is -2.36. The summed E-state index contributed by atoms with van der Waals surface area (Å²) in [6.45, 7) is 17.8. The number of esters is 1. The Kier molecular flexibility index (Phi) is 8.31. The number of nitrogens with one attached hydrogen (secondary N) is 2. The van der Waals surface area contributed by atoms with Crippen LogP contribution in [0.15, 0.2) is 12.7 Å². The van der Waals surface area contributed by atoms with Gasteiger partial charge in [0.25, 0.3) is 0 Å². The van der Waals surface area contributed by atoms with Crippen LogP contribution in [-0.2, 0) is 23.9 Å². The molecule has 10 nitrogen and oxygen atoms in total. The van der Waals surface area contributed by atoms with Gasteiger partial charge in [-0.1, -0.05) is 33.8 Å². The van der Waals surface area contributed by atoms with Gasteiger partial charge >= 0.3 is 12.1 Å². The van der Waals surface area contributed by atoms with Gasteiger partial charge in [0, 0.05) is 18.9 Å². The van der Waals surface area contributed by atoms with Crippen molar-refractivity contribution >= 4 is 23.9 Å². The molecule has 35 heavy (non-hydrogen) atoms.